The van der Waals surface area contributed by atoms with Gasteiger partial charge in [0.25, 0.3) is 0 Å². The van der Waals surface area contributed by atoms with E-state index in [0.29, 0.717) is 25.1 Å². The topological polar surface area (TPSA) is 73.2 Å². The Labute approximate surface area is 242 Å². The van der Waals surface area contributed by atoms with Gasteiger partial charge in [-0.05, 0) is 96.6 Å². The van der Waals surface area contributed by atoms with E-state index in [4.69, 9.17) is 4.74 Å². The Morgan fingerprint density at radius 3 is 2.85 bits per heavy atom. The van der Waals surface area contributed by atoms with Crippen LogP contribution in [0.25, 0.3) is 6.08 Å². The van der Waals surface area contributed by atoms with E-state index >= 15 is 0 Å². The first-order valence-corrected chi connectivity index (χ1v) is 16.1. The van der Waals surface area contributed by atoms with Gasteiger partial charge in [0.15, 0.2) is 11.5 Å². The molecule has 1 aromatic heterocycles. The molecule has 39 heavy (non-hydrogen) atoms. The van der Waals surface area contributed by atoms with Crippen molar-refractivity contribution in [1.82, 2.24) is 9.80 Å². The third kappa shape index (κ3) is 3.96. The van der Waals surface area contributed by atoms with Gasteiger partial charge in [0.1, 0.15) is 6.10 Å². The Balaban J connectivity index is 1.29. The molecule has 2 aliphatic heterocycles. The lowest BCUT2D eigenvalue weighted by Gasteiger charge is -2.65. The molecular weight excluding hydrogens is 576 g/mol. The molecule has 1 spiro atoms. The Hall–Kier alpha value is -1.87. The van der Waals surface area contributed by atoms with Crippen LogP contribution in [0.1, 0.15) is 62.0 Å². The summed E-state index contributed by atoms with van der Waals surface area (Å²) in [5, 5.41) is 25.7. The monoisotopic (exact) mass is 612 g/mol. The summed E-state index contributed by atoms with van der Waals surface area (Å²) in [6.07, 6.45) is 8.63. The van der Waals surface area contributed by atoms with Crippen molar-refractivity contribution in [2.75, 3.05) is 19.6 Å². The number of aromatic hydroxyl groups is 1. The van der Waals surface area contributed by atoms with Crippen molar-refractivity contribution in [3.05, 3.63) is 50.1 Å². The van der Waals surface area contributed by atoms with E-state index in [-0.39, 0.29) is 29.7 Å². The number of carbonyl (C=O) groups excluding carboxylic acids is 1. The second kappa shape index (κ2) is 9.33. The lowest BCUT2D eigenvalue weighted by molar-refractivity contribution is -0.201. The SMILES string of the molecule is CC(C)CN(C(=O)/C=C/c1cc(Br)cs1)C1CC[C@@]2(O)[C@H]3Cc4ccc(O)c5c4[C@@]2(CCN3CC2CC2)C1O5. The molecule has 6 nitrogen and oxygen atoms in total. The standard InChI is InChI=1S/C31H37BrN2O4S/c1-18(2)15-34(26(36)8-6-22-14-21(32)17-39-22)23-9-10-31(37)25-13-20-5-7-24(35)28-27(20)30(31,29(23)38-28)11-12-33(25)16-19-3-4-19/h5-8,14,17-19,23,25,29,35,37H,3-4,9-13,15-16H2,1-2H3/b8-6+/t23?,25-,29?,30+,31-/m1/s1. The average molecular weight is 614 g/mol. The maximum absolute atomic E-state index is 13.8. The summed E-state index contributed by atoms with van der Waals surface area (Å²) < 4.78 is 7.76. The van der Waals surface area contributed by atoms with E-state index in [1.54, 1.807) is 23.5 Å². The number of halogens is 1. The van der Waals surface area contributed by atoms with Crippen LogP contribution >= 0.6 is 27.3 Å². The van der Waals surface area contributed by atoms with Crippen LogP contribution in [0.15, 0.2) is 34.1 Å². The van der Waals surface area contributed by atoms with Gasteiger partial charge in [-0.2, -0.15) is 0 Å². The Morgan fingerprint density at radius 2 is 2.13 bits per heavy atom. The molecule has 2 aromatic rings. The summed E-state index contributed by atoms with van der Waals surface area (Å²) in [7, 11) is 0. The minimum atomic E-state index is -0.945. The molecular formula is C31H37BrN2O4S. The quantitative estimate of drug-likeness (QED) is 0.413. The first-order chi connectivity index (χ1) is 18.7. The molecule has 2 bridgehead atoms. The molecule has 2 N–H and O–H groups in total. The second-order valence-corrected chi connectivity index (χ2v) is 14.6. The van der Waals surface area contributed by atoms with Crippen LogP contribution in [0, 0.1) is 11.8 Å². The number of phenols is 1. The van der Waals surface area contributed by atoms with Gasteiger partial charge < -0.3 is 19.8 Å². The van der Waals surface area contributed by atoms with E-state index in [0.717, 1.165) is 46.8 Å². The molecule has 2 saturated carbocycles. The summed E-state index contributed by atoms with van der Waals surface area (Å²) in [5.41, 5.74) is 0.628. The number of amides is 1. The summed E-state index contributed by atoms with van der Waals surface area (Å²) in [4.78, 5) is 19.4. The van der Waals surface area contributed by atoms with Crippen molar-refractivity contribution in [3.8, 4) is 11.5 Å². The zero-order valence-electron chi connectivity index (χ0n) is 22.6. The van der Waals surface area contributed by atoms with Gasteiger partial charge in [0.2, 0.25) is 5.91 Å². The number of hydrogen-bond acceptors (Lipinski definition) is 6. The fraction of sp³-hybridized carbons (Fsp3) is 0.581. The maximum atomic E-state index is 13.8. The third-order valence-electron chi connectivity index (χ3n) is 9.95. The number of benzene rings is 1. The van der Waals surface area contributed by atoms with Crippen LogP contribution in [0.3, 0.4) is 0 Å². The molecule has 1 aromatic carbocycles. The van der Waals surface area contributed by atoms with Gasteiger partial charge in [-0.15, -0.1) is 11.3 Å². The third-order valence-corrected chi connectivity index (χ3v) is 11.6. The number of nitrogens with zero attached hydrogens (tertiary/aromatic N) is 2. The largest absolute Gasteiger partial charge is 0.504 e. The first-order valence-electron chi connectivity index (χ1n) is 14.4. The number of carbonyl (C=O) groups is 1. The van der Waals surface area contributed by atoms with Gasteiger partial charge in [0, 0.05) is 45.5 Å². The minimum absolute atomic E-state index is 0.0254. The molecule has 208 valence electrons. The van der Waals surface area contributed by atoms with Crippen LogP contribution in [0.2, 0.25) is 0 Å². The number of piperidine rings is 1. The van der Waals surface area contributed by atoms with Crippen molar-refractivity contribution in [2.45, 2.75) is 81.6 Å². The Bertz CT molecular complexity index is 1340. The van der Waals surface area contributed by atoms with E-state index in [1.165, 1.54) is 18.4 Å². The van der Waals surface area contributed by atoms with Gasteiger partial charge in [0.05, 0.1) is 17.1 Å². The smallest absolute Gasteiger partial charge is 0.246 e. The summed E-state index contributed by atoms with van der Waals surface area (Å²) >= 11 is 5.09. The molecule has 1 amide bonds. The molecule has 3 fully saturated rings. The predicted octanol–water partition coefficient (Wildman–Crippen LogP) is 5.35. The zero-order chi connectivity index (χ0) is 27.1. The molecule has 2 unspecified atom stereocenters. The summed E-state index contributed by atoms with van der Waals surface area (Å²) in [6, 6.07) is 5.65. The number of phenolic OH excluding ortho intramolecular Hbond substituents is 1. The molecule has 7 rings (SSSR count). The first kappa shape index (κ1) is 26.1. The fourth-order valence-electron chi connectivity index (χ4n) is 8.22. The van der Waals surface area contributed by atoms with Gasteiger partial charge in [-0.3, -0.25) is 9.69 Å². The average Bonchev–Trinajstić information content (AvgIpc) is 3.50. The van der Waals surface area contributed by atoms with E-state index in [1.807, 2.05) is 28.5 Å². The molecule has 8 heteroatoms. The minimum Gasteiger partial charge on any atom is -0.504 e. The van der Waals surface area contributed by atoms with Crippen molar-refractivity contribution in [1.29, 1.82) is 0 Å². The van der Waals surface area contributed by atoms with Crippen molar-refractivity contribution in [2.24, 2.45) is 11.8 Å². The van der Waals surface area contributed by atoms with E-state index in [2.05, 4.69) is 34.7 Å². The van der Waals surface area contributed by atoms with Crippen LogP contribution in [-0.2, 0) is 16.6 Å². The molecule has 5 aliphatic rings. The number of ether oxygens (including phenoxy) is 1. The highest BCUT2D eigenvalue weighted by atomic mass is 79.9. The van der Waals surface area contributed by atoms with E-state index in [9.17, 15) is 15.0 Å². The lowest BCUT2D eigenvalue weighted by Crippen LogP contribution is -2.78. The Kier molecular flexibility index (Phi) is 6.23. The molecule has 0 radical (unpaired) electrons. The highest BCUT2D eigenvalue weighted by Gasteiger charge is 2.73. The van der Waals surface area contributed by atoms with Crippen LogP contribution in [0.4, 0.5) is 0 Å². The number of likely N-dealkylation sites (tertiary alicyclic amines) is 1. The van der Waals surface area contributed by atoms with Crippen molar-refractivity contribution in [3.63, 3.8) is 0 Å². The number of rotatable bonds is 7. The fourth-order valence-corrected chi connectivity index (χ4v) is 9.56. The molecule has 5 atom stereocenters. The van der Waals surface area contributed by atoms with E-state index < -0.39 is 17.1 Å². The number of aliphatic hydroxyl groups is 1. The summed E-state index contributed by atoms with van der Waals surface area (Å²) in [5.74, 6) is 1.68. The lowest BCUT2D eigenvalue weighted by atomic mass is 9.48. The molecule has 3 heterocycles. The predicted molar refractivity (Wildman–Crippen MR) is 156 cm³/mol. The zero-order valence-corrected chi connectivity index (χ0v) is 25.0. The number of thiophene rings is 1. The molecule has 1 saturated heterocycles. The second-order valence-electron chi connectivity index (χ2n) is 12.8. The van der Waals surface area contributed by atoms with Crippen molar-refractivity contribution >= 4 is 39.2 Å². The maximum Gasteiger partial charge on any atom is 0.246 e. The van der Waals surface area contributed by atoms with Crippen LogP contribution < -0.4 is 4.74 Å². The van der Waals surface area contributed by atoms with Crippen molar-refractivity contribution < 1.29 is 19.7 Å². The van der Waals surface area contributed by atoms with Gasteiger partial charge in [-0.25, -0.2) is 0 Å². The summed E-state index contributed by atoms with van der Waals surface area (Å²) in [6.45, 7) is 6.86. The highest BCUT2D eigenvalue weighted by molar-refractivity contribution is 9.10. The number of hydrogen-bond donors (Lipinski definition) is 2. The van der Waals surface area contributed by atoms with Gasteiger partial charge >= 0.3 is 0 Å². The van der Waals surface area contributed by atoms with Crippen LogP contribution in [0.5, 0.6) is 11.5 Å². The van der Waals surface area contributed by atoms with Crippen LogP contribution in [-0.4, -0.2) is 69.3 Å². The molecule has 3 aliphatic carbocycles. The highest BCUT2D eigenvalue weighted by Crippen LogP contribution is 2.66. The van der Waals surface area contributed by atoms with Gasteiger partial charge in [-0.1, -0.05) is 19.9 Å². The normalized spacial score (nSPS) is 32.9. The Morgan fingerprint density at radius 1 is 1.31 bits per heavy atom.